The number of nitrogens with zero attached hydrogens (tertiary/aromatic N) is 3. The smallest absolute Gasteiger partial charge is 0.151 e. The first kappa shape index (κ1) is 15.4. The average molecular weight is 345 g/mol. The molecule has 118 valence electrons. The normalized spacial score (nSPS) is 20.4. The van der Waals surface area contributed by atoms with Gasteiger partial charge in [0, 0.05) is 12.6 Å². The van der Waals surface area contributed by atoms with Gasteiger partial charge in [-0.3, -0.25) is 0 Å². The van der Waals surface area contributed by atoms with Crippen LogP contribution in [0.1, 0.15) is 12.1 Å². The van der Waals surface area contributed by atoms with Crippen molar-refractivity contribution < 1.29 is 12.8 Å². The predicted octanol–water partition coefficient (Wildman–Crippen LogP) is 1.34. The zero-order valence-corrected chi connectivity index (χ0v) is 13.1. The highest BCUT2D eigenvalue weighted by Crippen LogP contribution is 2.18. The van der Waals surface area contributed by atoms with Crippen molar-refractivity contribution in [2.75, 3.05) is 11.5 Å². The van der Waals surface area contributed by atoms with Crippen LogP contribution in [0.2, 0.25) is 5.02 Å². The fourth-order valence-corrected chi connectivity index (χ4v) is 4.22. The van der Waals surface area contributed by atoms with Gasteiger partial charge in [-0.25, -0.2) is 17.5 Å². The van der Waals surface area contributed by atoms with E-state index in [0.717, 1.165) is 0 Å². The van der Waals surface area contributed by atoms with Crippen LogP contribution in [0.25, 0.3) is 5.69 Å². The molecule has 22 heavy (non-hydrogen) atoms. The summed E-state index contributed by atoms with van der Waals surface area (Å²) in [6.07, 6.45) is 2.31. The third-order valence-corrected chi connectivity index (χ3v) is 5.57. The summed E-state index contributed by atoms with van der Waals surface area (Å²) in [5.74, 6) is -0.102. The first-order valence-corrected chi connectivity index (χ1v) is 8.93. The summed E-state index contributed by atoms with van der Waals surface area (Å²) in [5, 5.41) is 11.1. The maximum absolute atomic E-state index is 13.1. The molecule has 2 aromatic rings. The number of halogens is 2. The summed E-state index contributed by atoms with van der Waals surface area (Å²) < 4.78 is 37.4. The fraction of sp³-hybridized carbons (Fsp3) is 0.385. The van der Waals surface area contributed by atoms with Crippen molar-refractivity contribution in [1.82, 2.24) is 20.3 Å². The van der Waals surface area contributed by atoms with Gasteiger partial charge in [0.05, 0.1) is 34.1 Å². The monoisotopic (exact) mass is 344 g/mol. The standard InChI is InChI=1S/C13H14ClFN4O2S/c14-12-5-11(1-2-13(12)15)19-7-10(17-18-19)6-16-9-3-4-22(20,21)8-9/h1-2,5,7,9,16H,3-4,6,8H2/t9-/m0/s1. The summed E-state index contributed by atoms with van der Waals surface area (Å²) in [7, 11) is -2.90. The van der Waals surface area contributed by atoms with E-state index < -0.39 is 15.7 Å². The zero-order chi connectivity index (χ0) is 15.7. The van der Waals surface area contributed by atoms with Crippen molar-refractivity contribution in [3.8, 4) is 5.69 Å². The van der Waals surface area contributed by atoms with Crippen LogP contribution in [0.15, 0.2) is 24.4 Å². The highest BCUT2D eigenvalue weighted by Gasteiger charge is 2.27. The Hall–Kier alpha value is -1.51. The lowest BCUT2D eigenvalue weighted by molar-refractivity contribution is 0.548. The van der Waals surface area contributed by atoms with E-state index >= 15 is 0 Å². The Morgan fingerprint density at radius 3 is 2.95 bits per heavy atom. The molecule has 0 bridgehead atoms. The number of nitrogens with one attached hydrogen (secondary N) is 1. The second-order valence-corrected chi connectivity index (χ2v) is 7.87. The molecule has 1 saturated heterocycles. The Kier molecular flexibility index (Phi) is 4.16. The average Bonchev–Trinajstić information content (AvgIpc) is 3.06. The lowest BCUT2D eigenvalue weighted by atomic mass is 10.2. The molecule has 1 fully saturated rings. The number of aromatic nitrogens is 3. The minimum atomic E-state index is -2.90. The number of hydrogen-bond acceptors (Lipinski definition) is 5. The maximum atomic E-state index is 13.1. The first-order valence-electron chi connectivity index (χ1n) is 6.73. The summed E-state index contributed by atoms with van der Waals surface area (Å²) in [4.78, 5) is 0. The highest BCUT2D eigenvalue weighted by atomic mass is 35.5. The van der Waals surface area contributed by atoms with Gasteiger partial charge in [-0.1, -0.05) is 16.8 Å². The van der Waals surface area contributed by atoms with E-state index in [2.05, 4.69) is 15.6 Å². The molecule has 1 aromatic carbocycles. The summed E-state index contributed by atoms with van der Waals surface area (Å²) >= 11 is 5.74. The molecule has 6 nitrogen and oxygen atoms in total. The van der Waals surface area contributed by atoms with Crippen LogP contribution in [0.3, 0.4) is 0 Å². The molecule has 0 saturated carbocycles. The molecule has 2 heterocycles. The van der Waals surface area contributed by atoms with Crippen LogP contribution in [-0.2, 0) is 16.4 Å². The van der Waals surface area contributed by atoms with Crippen molar-refractivity contribution >= 4 is 21.4 Å². The van der Waals surface area contributed by atoms with Gasteiger partial charge in [-0.05, 0) is 24.6 Å². The van der Waals surface area contributed by atoms with E-state index in [0.29, 0.717) is 24.3 Å². The van der Waals surface area contributed by atoms with E-state index in [1.54, 1.807) is 12.3 Å². The van der Waals surface area contributed by atoms with Crippen LogP contribution in [0.4, 0.5) is 4.39 Å². The molecule has 0 aliphatic carbocycles. The van der Waals surface area contributed by atoms with E-state index in [-0.39, 0.29) is 22.6 Å². The predicted molar refractivity (Wildman–Crippen MR) is 80.2 cm³/mol. The molecule has 1 aromatic heterocycles. The molecule has 0 unspecified atom stereocenters. The molecule has 1 aliphatic rings. The van der Waals surface area contributed by atoms with Crippen LogP contribution in [0.5, 0.6) is 0 Å². The SMILES string of the molecule is O=S1(=O)CC[C@H](NCc2cn(-c3ccc(F)c(Cl)c3)nn2)C1. The summed E-state index contributed by atoms with van der Waals surface area (Å²) in [6.45, 7) is 0.426. The molecule has 3 rings (SSSR count). The Bertz CT molecular complexity index is 793. The van der Waals surface area contributed by atoms with Gasteiger partial charge in [-0.15, -0.1) is 5.10 Å². The van der Waals surface area contributed by atoms with Gasteiger partial charge in [0.2, 0.25) is 0 Å². The Morgan fingerprint density at radius 1 is 1.45 bits per heavy atom. The van der Waals surface area contributed by atoms with Crippen molar-refractivity contribution in [2.45, 2.75) is 19.0 Å². The van der Waals surface area contributed by atoms with Crippen molar-refractivity contribution in [1.29, 1.82) is 0 Å². The summed E-state index contributed by atoms with van der Waals surface area (Å²) in [6, 6.07) is 4.24. The molecule has 1 atom stereocenters. The minimum absolute atomic E-state index is 0.0174. The number of benzene rings is 1. The highest BCUT2D eigenvalue weighted by molar-refractivity contribution is 7.91. The molecule has 9 heteroatoms. The van der Waals surface area contributed by atoms with Gasteiger partial charge < -0.3 is 5.32 Å². The Balaban J connectivity index is 1.65. The third kappa shape index (κ3) is 3.45. The lowest BCUT2D eigenvalue weighted by Gasteiger charge is -2.07. The molecular formula is C13H14ClFN4O2S. The van der Waals surface area contributed by atoms with Crippen LogP contribution in [-0.4, -0.2) is 41.0 Å². The second-order valence-electron chi connectivity index (χ2n) is 5.23. The van der Waals surface area contributed by atoms with Crippen molar-refractivity contribution in [3.05, 3.63) is 40.9 Å². The van der Waals surface area contributed by atoms with Crippen molar-refractivity contribution in [3.63, 3.8) is 0 Å². The molecule has 0 spiro atoms. The van der Waals surface area contributed by atoms with Gasteiger partial charge in [0.1, 0.15) is 5.82 Å². The fourth-order valence-electron chi connectivity index (χ4n) is 2.34. The number of rotatable bonds is 4. The van der Waals surface area contributed by atoms with Gasteiger partial charge in [0.25, 0.3) is 0 Å². The molecule has 0 radical (unpaired) electrons. The topological polar surface area (TPSA) is 76.9 Å². The van der Waals surface area contributed by atoms with Gasteiger partial charge in [0.15, 0.2) is 9.84 Å². The lowest BCUT2D eigenvalue weighted by Crippen LogP contribution is -2.29. The van der Waals surface area contributed by atoms with Crippen LogP contribution >= 0.6 is 11.6 Å². The Morgan fingerprint density at radius 2 is 2.27 bits per heavy atom. The van der Waals surface area contributed by atoms with Gasteiger partial charge in [-0.2, -0.15) is 0 Å². The van der Waals surface area contributed by atoms with E-state index in [1.165, 1.54) is 16.8 Å². The minimum Gasteiger partial charge on any atom is -0.307 e. The van der Waals surface area contributed by atoms with Gasteiger partial charge >= 0.3 is 0 Å². The van der Waals surface area contributed by atoms with Crippen LogP contribution < -0.4 is 5.32 Å². The summed E-state index contributed by atoms with van der Waals surface area (Å²) in [5.41, 5.74) is 1.28. The molecule has 0 amide bonds. The Labute approximate surface area is 132 Å². The quantitative estimate of drug-likeness (QED) is 0.905. The second kappa shape index (κ2) is 5.94. The molecule has 1 N–H and O–H groups in total. The van der Waals surface area contributed by atoms with Crippen LogP contribution in [0, 0.1) is 5.82 Å². The van der Waals surface area contributed by atoms with E-state index in [1.807, 2.05) is 0 Å². The zero-order valence-electron chi connectivity index (χ0n) is 11.5. The van der Waals surface area contributed by atoms with E-state index in [4.69, 9.17) is 11.6 Å². The maximum Gasteiger partial charge on any atom is 0.151 e. The van der Waals surface area contributed by atoms with E-state index in [9.17, 15) is 12.8 Å². The number of hydrogen-bond donors (Lipinski definition) is 1. The molecular weight excluding hydrogens is 331 g/mol. The first-order chi connectivity index (χ1) is 10.4. The third-order valence-electron chi connectivity index (χ3n) is 3.51. The molecule has 1 aliphatic heterocycles. The van der Waals surface area contributed by atoms with Crippen molar-refractivity contribution in [2.24, 2.45) is 0 Å². The number of sulfone groups is 1. The largest absolute Gasteiger partial charge is 0.307 e.